The monoisotopic (exact) mass is 273 g/mol. The number of nitrogens with one attached hydrogen (secondary N) is 1. The average Bonchev–Trinajstić information content (AvgIpc) is 2.42. The number of aryl methyl sites for hydroxylation is 3. The molecule has 1 aliphatic rings. The highest BCUT2D eigenvalue weighted by Gasteiger charge is 2.27. The number of hydrogen-bond acceptors (Lipinski definition) is 1. The lowest BCUT2D eigenvalue weighted by Gasteiger charge is -2.34. The highest BCUT2D eigenvalue weighted by atomic mass is 14.9. The van der Waals surface area contributed by atoms with E-state index in [9.17, 15) is 0 Å². The van der Waals surface area contributed by atoms with E-state index in [0.717, 1.165) is 18.4 Å². The third-order valence-corrected chi connectivity index (χ3v) is 5.17. The zero-order valence-electron chi connectivity index (χ0n) is 13.9. The molecule has 112 valence electrons. The van der Waals surface area contributed by atoms with E-state index >= 15 is 0 Å². The van der Waals surface area contributed by atoms with Crippen molar-refractivity contribution >= 4 is 0 Å². The molecule has 1 heteroatoms. The molecule has 0 heterocycles. The first-order valence-electron chi connectivity index (χ1n) is 8.34. The molecule has 20 heavy (non-hydrogen) atoms. The van der Waals surface area contributed by atoms with Crippen molar-refractivity contribution in [2.75, 3.05) is 6.54 Å². The van der Waals surface area contributed by atoms with Crippen molar-refractivity contribution in [2.45, 2.75) is 66.3 Å². The van der Waals surface area contributed by atoms with E-state index in [0.29, 0.717) is 6.04 Å². The molecule has 0 saturated heterocycles. The van der Waals surface area contributed by atoms with Crippen molar-refractivity contribution in [1.82, 2.24) is 5.32 Å². The molecule has 1 atom stereocenters. The lowest BCUT2D eigenvalue weighted by Crippen LogP contribution is -2.31. The fraction of sp³-hybridized carbons (Fsp3) is 0.684. The molecule has 1 aromatic carbocycles. The predicted octanol–water partition coefficient (Wildman–Crippen LogP) is 5.09. The molecule has 1 fully saturated rings. The fourth-order valence-electron chi connectivity index (χ4n) is 3.69. The summed E-state index contributed by atoms with van der Waals surface area (Å²) in [7, 11) is 0. The minimum atomic E-state index is 0.548. The molecule has 1 N–H and O–H groups in total. The van der Waals surface area contributed by atoms with E-state index in [2.05, 4.69) is 52.1 Å². The second-order valence-electron chi connectivity index (χ2n) is 6.85. The van der Waals surface area contributed by atoms with Crippen molar-refractivity contribution in [1.29, 1.82) is 0 Å². The summed E-state index contributed by atoms with van der Waals surface area (Å²) in [4.78, 5) is 0. The molecule has 0 amide bonds. The van der Waals surface area contributed by atoms with Gasteiger partial charge in [0.25, 0.3) is 0 Å². The molecule has 1 aliphatic carbocycles. The topological polar surface area (TPSA) is 12.0 Å². The maximum Gasteiger partial charge on any atom is 0.0351 e. The van der Waals surface area contributed by atoms with E-state index in [1.165, 1.54) is 47.9 Å². The van der Waals surface area contributed by atoms with E-state index in [1.807, 2.05) is 0 Å². The average molecular weight is 273 g/mol. The molecule has 0 spiro atoms. The van der Waals surface area contributed by atoms with Gasteiger partial charge in [-0.25, -0.2) is 0 Å². The van der Waals surface area contributed by atoms with Gasteiger partial charge in [0.1, 0.15) is 0 Å². The standard InChI is InChI=1S/C19H31N/c1-6-20-19(17-9-7-13(2)8-10-17)18-12-15(4)14(3)11-16(18)5/h11-13,17,19-20H,6-10H2,1-5H3. The Balaban J connectivity index is 2.26. The summed E-state index contributed by atoms with van der Waals surface area (Å²) in [5, 5.41) is 3.77. The van der Waals surface area contributed by atoms with Crippen LogP contribution in [0.5, 0.6) is 0 Å². The first-order valence-corrected chi connectivity index (χ1v) is 8.34. The Bertz CT molecular complexity index is 441. The minimum absolute atomic E-state index is 0.548. The summed E-state index contributed by atoms with van der Waals surface area (Å²) in [5.74, 6) is 1.74. The Hall–Kier alpha value is -0.820. The third-order valence-electron chi connectivity index (χ3n) is 5.17. The molecule has 0 aliphatic heterocycles. The van der Waals surface area contributed by atoms with E-state index in [-0.39, 0.29) is 0 Å². The minimum Gasteiger partial charge on any atom is -0.310 e. The first-order chi connectivity index (χ1) is 9.52. The van der Waals surface area contributed by atoms with Gasteiger partial charge in [-0.05, 0) is 74.2 Å². The van der Waals surface area contributed by atoms with Crippen LogP contribution >= 0.6 is 0 Å². The summed E-state index contributed by atoms with van der Waals surface area (Å²) in [5.41, 5.74) is 5.84. The number of benzene rings is 1. The first kappa shape index (κ1) is 15.6. The Morgan fingerprint density at radius 2 is 1.60 bits per heavy atom. The van der Waals surface area contributed by atoms with E-state index in [4.69, 9.17) is 0 Å². The van der Waals surface area contributed by atoms with Crippen LogP contribution in [-0.4, -0.2) is 6.54 Å². The van der Waals surface area contributed by atoms with Crippen LogP contribution in [0.2, 0.25) is 0 Å². The normalized spacial score (nSPS) is 24.6. The lowest BCUT2D eigenvalue weighted by atomic mass is 9.76. The molecule has 2 rings (SSSR count). The third kappa shape index (κ3) is 3.44. The molecule has 0 aromatic heterocycles. The smallest absolute Gasteiger partial charge is 0.0351 e. The molecule has 0 radical (unpaired) electrons. The van der Waals surface area contributed by atoms with Crippen molar-refractivity contribution in [2.24, 2.45) is 11.8 Å². The second-order valence-corrected chi connectivity index (χ2v) is 6.85. The van der Waals surface area contributed by atoms with Gasteiger partial charge in [0.05, 0.1) is 0 Å². The van der Waals surface area contributed by atoms with Crippen molar-refractivity contribution < 1.29 is 0 Å². The van der Waals surface area contributed by atoms with E-state index < -0.39 is 0 Å². The maximum atomic E-state index is 3.77. The molecule has 1 saturated carbocycles. The van der Waals surface area contributed by atoms with Crippen molar-refractivity contribution in [3.8, 4) is 0 Å². The van der Waals surface area contributed by atoms with Crippen LogP contribution < -0.4 is 5.32 Å². The van der Waals surface area contributed by atoms with Gasteiger partial charge in [-0.15, -0.1) is 0 Å². The van der Waals surface area contributed by atoms with Gasteiger partial charge in [-0.3, -0.25) is 0 Å². The van der Waals surface area contributed by atoms with Crippen LogP contribution in [0.1, 0.15) is 67.8 Å². The van der Waals surface area contributed by atoms with Gasteiger partial charge >= 0.3 is 0 Å². The van der Waals surface area contributed by atoms with Gasteiger partial charge in [-0.1, -0.05) is 38.8 Å². The van der Waals surface area contributed by atoms with Crippen LogP contribution in [0, 0.1) is 32.6 Å². The number of rotatable bonds is 4. The van der Waals surface area contributed by atoms with Gasteiger partial charge in [-0.2, -0.15) is 0 Å². The van der Waals surface area contributed by atoms with Crippen molar-refractivity contribution in [3.63, 3.8) is 0 Å². The second kappa shape index (κ2) is 6.76. The summed E-state index contributed by atoms with van der Waals surface area (Å²) in [6.07, 6.45) is 5.56. The van der Waals surface area contributed by atoms with Crippen molar-refractivity contribution in [3.05, 3.63) is 34.4 Å². The van der Waals surface area contributed by atoms with Crippen LogP contribution in [0.25, 0.3) is 0 Å². The Morgan fingerprint density at radius 3 is 2.20 bits per heavy atom. The molecule has 1 aromatic rings. The lowest BCUT2D eigenvalue weighted by molar-refractivity contribution is 0.232. The SMILES string of the molecule is CCNC(c1cc(C)c(C)cc1C)C1CCC(C)CC1. The summed E-state index contributed by atoms with van der Waals surface area (Å²) >= 11 is 0. The molecule has 1 nitrogen and oxygen atoms in total. The number of hydrogen-bond donors (Lipinski definition) is 1. The molecular formula is C19H31N. The highest BCUT2D eigenvalue weighted by Crippen LogP contribution is 2.38. The molecule has 0 bridgehead atoms. The molecular weight excluding hydrogens is 242 g/mol. The Morgan fingerprint density at radius 1 is 1.00 bits per heavy atom. The predicted molar refractivity (Wildman–Crippen MR) is 88.2 cm³/mol. The van der Waals surface area contributed by atoms with Crippen LogP contribution in [0.15, 0.2) is 12.1 Å². The highest BCUT2D eigenvalue weighted by molar-refractivity contribution is 5.38. The van der Waals surface area contributed by atoms with Crippen LogP contribution in [0.3, 0.4) is 0 Å². The summed E-state index contributed by atoms with van der Waals surface area (Å²) in [6.45, 7) is 12.4. The van der Waals surface area contributed by atoms with E-state index in [1.54, 1.807) is 0 Å². The molecule has 1 unspecified atom stereocenters. The zero-order valence-corrected chi connectivity index (χ0v) is 13.9. The Kier molecular flexibility index (Phi) is 5.26. The Labute approximate surface area is 125 Å². The van der Waals surface area contributed by atoms with Gasteiger partial charge in [0, 0.05) is 6.04 Å². The quantitative estimate of drug-likeness (QED) is 0.806. The summed E-state index contributed by atoms with van der Waals surface area (Å²) < 4.78 is 0. The largest absolute Gasteiger partial charge is 0.310 e. The summed E-state index contributed by atoms with van der Waals surface area (Å²) in [6, 6.07) is 5.34. The van der Waals surface area contributed by atoms with Gasteiger partial charge < -0.3 is 5.32 Å². The maximum absolute atomic E-state index is 3.77. The van der Waals surface area contributed by atoms with Gasteiger partial charge in [0.2, 0.25) is 0 Å². The zero-order chi connectivity index (χ0) is 14.7. The van der Waals surface area contributed by atoms with Gasteiger partial charge in [0.15, 0.2) is 0 Å². The van der Waals surface area contributed by atoms with Crippen LogP contribution in [-0.2, 0) is 0 Å². The van der Waals surface area contributed by atoms with Crippen LogP contribution in [0.4, 0.5) is 0 Å². The fourth-order valence-corrected chi connectivity index (χ4v) is 3.69.